The third-order valence-electron chi connectivity index (χ3n) is 7.54. The lowest BCUT2D eigenvalue weighted by Gasteiger charge is -2.28. The lowest BCUT2D eigenvalue weighted by Crippen LogP contribution is -2.37. The molecule has 0 aliphatic heterocycles. The summed E-state index contributed by atoms with van der Waals surface area (Å²) in [6.45, 7) is 3.91. The third kappa shape index (κ3) is 38.6. The number of unbranched alkanes of at least 4 members (excludes halogenated alkanes) is 4. The molecule has 2 unspecified atom stereocenters. The van der Waals surface area contributed by atoms with Gasteiger partial charge in [0.2, 0.25) is 0 Å². The molecule has 0 bridgehead atoms. The molecule has 0 aliphatic carbocycles. The van der Waals surface area contributed by atoms with E-state index in [9.17, 15) is 19.0 Å². The molecular weight excluding hydrogens is 701 g/mol. The van der Waals surface area contributed by atoms with Gasteiger partial charge >= 0.3 is 11.9 Å². The number of likely N-dealkylation sites (N-methyl/N-ethyl adjacent to an activating group) is 1. The standard InChI is InChI=1S/C44H72NO8P/c1-6-8-10-12-14-16-18-20-22-24-26-28-30-32-34-36-43(46)50-40-42(41-52-54(48,49)51-39-38-45(3,4)5)53-44(47)37-35-33-31-29-27-25-23-21-19-17-15-13-11-9-7-2/h10-13,16-19,22-25,28-31,42H,6-9,14-15,20-21,26-27,32-41H2,1-5H3/b12-10-,13-11-,18-16-,19-17-,24-22-,25-23-,30-28-,31-29-. The summed E-state index contributed by atoms with van der Waals surface area (Å²) in [5.74, 6) is -0.981. The highest BCUT2D eigenvalue weighted by Gasteiger charge is 2.21. The highest BCUT2D eigenvalue weighted by molar-refractivity contribution is 7.45. The van der Waals surface area contributed by atoms with Crippen molar-refractivity contribution in [3.63, 3.8) is 0 Å². The Morgan fingerprint density at radius 2 is 0.963 bits per heavy atom. The van der Waals surface area contributed by atoms with Gasteiger partial charge in [-0.25, -0.2) is 0 Å². The summed E-state index contributed by atoms with van der Waals surface area (Å²) in [7, 11) is 1.08. The molecule has 0 rings (SSSR count). The van der Waals surface area contributed by atoms with Gasteiger partial charge in [-0.15, -0.1) is 0 Å². The van der Waals surface area contributed by atoms with Crippen molar-refractivity contribution in [1.82, 2.24) is 0 Å². The third-order valence-corrected chi connectivity index (χ3v) is 8.50. The van der Waals surface area contributed by atoms with Gasteiger partial charge < -0.3 is 27.9 Å². The molecule has 0 amide bonds. The summed E-state index contributed by atoms with van der Waals surface area (Å²) < 4.78 is 33.7. The van der Waals surface area contributed by atoms with Crippen molar-refractivity contribution in [2.45, 2.75) is 123 Å². The van der Waals surface area contributed by atoms with E-state index < -0.39 is 32.5 Å². The van der Waals surface area contributed by atoms with E-state index in [2.05, 4.69) is 98.9 Å². The molecule has 10 heteroatoms. The Balaban J connectivity index is 4.63. The van der Waals surface area contributed by atoms with Crippen molar-refractivity contribution in [3.8, 4) is 0 Å². The number of carbonyl (C=O) groups is 2. The van der Waals surface area contributed by atoms with Crippen LogP contribution >= 0.6 is 7.82 Å². The van der Waals surface area contributed by atoms with Gasteiger partial charge in [-0.3, -0.25) is 14.2 Å². The zero-order valence-electron chi connectivity index (χ0n) is 34.1. The SMILES string of the molecule is CCC/C=C\C/C=C\C/C=C\C/C=C\CCCC(=O)OCC(COP(=O)([O-])OCC[N+](C)(C)C)OC(=O)CCC/C=C\C/C=C\C/C=C\C/C=C\CCC. The summed E-state index contributed by atoms with van der Waals surface area (Å²) in [5.41, 5.74) is 0. The van der Waals surface area contributed by atoms with Gasteiger partial charge in [0, 0.05) is 12.8 Å². The van der Waals surface area contributed by atoms with E-state index in [1.165, 1.54) is 12.8 Å². The minimum atomic E-state index is -4.65. The molecule has 0 fully saturated rings. The molecule has 0 aliphatic rings. The Labute approximate surface area is 328 Å². The summed E-state index contributed by atoms with van der Waals surface area (Å²) in [5, 5.41) is 0. The molecule has 54 heavy (non-hydrogen) atoms. The normalized spacial score (nSPS) is 14.7. The fraction of sp³-hybridized carbons (Fsp3) is 0.591. The number of allylic oxidation sites excluding steroid dienone is 16. The number of ether oxygens (including phenoxy) is 2. The molecular formula is C44H72NO8P. The fourth-order valence-corrected chi connectivity index (χ4v) is 5.15. The van der Waals surface area contributed by atoms with Gasteiger partial charge in [0.05, 0.1) is 27.7 Å². The van der Waals surface area contributed by atoms with Crippen molar-refractivity contribution in [3.05, 3.63) is 97.2 Å². The fourth-order valence-electron chi connectivity index (χ4n) is 4.42. The zero-order chi connectivity index (χ0) is 40.0. The van der Waals surface area contributed by atoms with Gasteiger partial charge in [0.25, 0.3) is 7.82 Å². The Kier molecular flexibility index (Phi) is 33.6. The smallest absolute Gasteiger partial charge is 0.306 e. The lowest BCUT2D eigenvalue weighted by molar-refractivity contribution is -0.870. The van der Waals surface area contributed by atoms with Crippen LogP contribution in [0.2, 0.25) is 0 Å². The number of hydrogen-bond acceptors (Lipinski definition) is 8. The Bertz CT molecular complexity index is 1240. The number of rotatable bonds is 34. The first kappa shape index (κ1) is 50.9. The number of carbonyl (C=O) groups excluding carboxylic acids is 2. The van der Waals surface area contributed by atoms with Gasteiger partial charge in [0.1, 0.15) is 19.8 Å². The van der Waals surface area contributed by atoms with Crippen molar-refractivity contribution >= 4 is 19.8 Å². The average Bonchev–Trinajstić information content (AvgIpc) is 3.12. The van der Waals surface area contributed by atoms with Crippen LogP contribution in [0.5, 0.6) is 0 Å². The molecule has 0 aromatic heterocycles. The predicted molar refractivity (Wildman–Crippen MR) is 222 cm³/mol. The molecule has 0 aromatic carbocycles. The minimum absolute atomic E-state index is 0.0551. The second kappa shape index (κ2) is 35.6. The Hall–Kier alpha value is -3.07. The number of esters is 2. The van der Waals surface area contributed by atoms with Gasteiger partial charge in [-0.2, -0.15) is 0 Å². The lowest BCUT2D eigenvalue weighted by atomic mass is 10.2. The highest BCUT2D eigenvalue weighted by Crippen LogP contribution is 2.38. The number of phosphoric acid groups is 1. The van der Waals surface area contributed by atoms with Crippen molar-refractivity contribution in [1.29, 1.82) is 0 Å². The maximum Gasteiger partial charge on any atom is 0.306 e. The number of quaternary nitrogens is 1. The van der Waals surface area contributed by atoms with E-state index in [0.717, 1.165) is 57.8 Å². The van der Waals surface area contributed by atoms with Crippen LogP contribution in [0.1, 0.15) is 117 Å². The first-order chi connectivity index (χ1) is 26.0. The summed E-state index contributed by atoms with van der Waals surface area (Å²) in [6.07, 6.45) is 45.9. The average molecular weight is 774 g/mol. The molecule has 0 aromatic rings. The maximum atomic E-state index is 12.6. The summed E-state index contributed by atoms with van der Waals surface area (Å²) in [6, 6.07) is 0. The molecule has 9 nitrogen and oxygen atoms in total. The molecule has 0 radical (unpaired) electrons. The van der Waals surface area contributed by atoms with Crippen LogP contribution < -0.4 is 4.89 Å². The van der Waals surface area contributed by atoms with Crippen LogP contribution in [0, 0.1) is 0 Å². The molecule has 0 heterocycles. The summed E-state index contributed by atoms with van der Waals surface area (Å²) in [4.78, 5) is 37.4. The van der Waals surface area contributed by atoms with E-state index >= 15 is 0 Å². The molecule has 0 saturated heterocycles. The molecule has 0 spiro atoms. The monoisotopic (exact) mass is 773 g/mol. The first-order valence-corrected chi connectivity index (χ1v) is 21.4. The van der Waals surface area contributed by atoms with Crippen LogP contribution in [-0.2, 0) is 32.7 Å². The van der Waals surface area contributed by atoms with Gasteiger partial charge in [0.15, 0.2) is 6.10 Å². The van der Waals surface area contributed by atoms with E-state index in [1.807, 2.05) is 33.3 Å². The van der Waals surface area contributed by atoms with Crippen LogP contribution in [-0.4, -0.2) is 70.0 Å². The maximum absolute atomic E-state index is 12.6. The van der Waals surface area contributed by atoms with E-state index in [-0.39, 0.29) is 26.1 Å². The number of hydrogen-bond donors (Lipinski definition) is 0. The predicted octanol–water partition coefficient (Wildman–Crippen LogP) is 10.4. The van der Waals surface area contributed by atoms with E-state index in [0.29, 0.717) is 30.3 Å². The topological polar surface area (TPSA) is 111 Å². The minimum Gasteiger partial charge on any atom is -0.756 e. The molecule has 306 valence electrons. The molecule has 0 N–H and O–H groups in total. The van der Waals surface area contributed by atoms with Crippen molar-refractivity contribution < 1.29 is 42.1 Å². The largest absolute Gasteiger partial charge is 0.756 e. The summed E-state index contributed by atoms with van der Waals surface area (Å²) >= 11 is 0. The number of phosphoric ester groups is 1. The molecule has 0 saturated carbocycles. The van der Waals surface area contributed by atoms with Gasteiger partial charge in [-0.05, 0) is 77.0 Å². The molecule has 2 atom stereocenters. The van der Waals surface area contributed by atoms with E-state index in [4.69, 9.17) is 18.5 Å². The first-order valence-electron chi connectivity index (χ1n) is 19.9. The Morgan fingerprint density at radius 3 is 1.37 bits per heavy atom. The van der Waals surface area contributed by atoms with E-state index in [1.54, 1.807) is 0 Å². The van der Waals surface area contributed by atoms with Gasteiger partial charge in [-0.1, -0.05) is 124 Å². The quantitative estimate of drug-likeness (QED) is 0.0209. The van der Waals surface area contributed by atoms with Crippen molar-refractivity contribution in [2.75, 3.05) is 47.5 Å². The Morgan fingerprint density at radius 1 is 0.574 bits per heavy atom. The van der Waals surface area contributed by atoms with Crippen LogP contribution in [0.15, 0.2) is 97.2 Å². The second-order valence-electron chi connectivity index (χ2n) is 13.9. The zero-order valence-corrected chi connectivity index (χ0v) is 35.0. The van der Waals surface area contributed by atoms with Crippen LogP contribution in [0.4, 0.5) is 0 Å². The van der Waals surface area contributed by atoms with Crippen LogP contribution in [0.3, 0.4) is 0 Å². The highest BCUT2D eigenvalue weighted by atomic mass is 31.2. The van der Waals surface area contributed by atoms with Crippen LogP contribution in [0.25, 0.3) is 0 Å². The second-order valence-corrected chi connectivity index (χ2v) is 15.3. The van der Waals surface area contributed by atoms with Crippen molar-refractivity contribution in [2.24, 2.45) is 0 Å². The number of nitrogens with zero attached hydrogens (tertiary/aromatic N) is 1.